The van der Waals surface area contributed by atoms with Crippen LogP contribution in [0.3, 0.4) is 0 Å². The van der Waals surface area contributed by atoms with Gasteiger partial charge >= 0.3 is 5.97 Å². The van der Waals surface area contributed by atoms with E-state index in [2.05, 4.69) is 13.8 Å². The van der Waals surface area contributed by atoms with E-state index in [1.54, 1.807) is 21.9 Å². The minimum absolute atomic E-state index is 0.0138. The molecule has 9 heteroatoms. The van der Waals surface area contributed by atoms with Crippen molar-refractivity contribution in [1.29, 1.82) is 0 Å². The Morgan fingerprint density at radius 1 is 1.03 bits per heavy atom. The van der Waals surface area contributed by atoms with Gasteiger partial charge in [0.2, 0.25) is 17.7 Å². The number of aromatic carboxylic acids is 1. The van der Waals surface area contributed by atoms with E-state index in [9.17, 15) is 24.3 Å². The third-order valence-corrected chi connectivity index (χ3v) is 7.47. The third-order valence-electron chi connectivity index (χ3n) is 7.47. The lowest BCUT2D eigenvalue weighted by atomic mass is 9.93. The maximum absolute atomic E-state index is 13.8. The van der Waals surface area contributed by atoms with Crippen LogP contribution in [-0.2, 0) is 14.4 Å². The first-order valence-corrected chi connectivity index (χ1v) is 13.8. The Labute approximate surface area is 226 Å². The molecule has 0 radical (unpaired) electrons. The summed E-state index contributed by atoms with van der Waals surface area (Å²) in [6.07, 6.45) is 2.72. The SMILES string of the molecule is CC(=O)N1CCN(C(CC(C)C)C(=O)N2CCC(COc3cccc(C(=O)O)c3)CC2)C(=O)[C@@H]1CC(C)C. The summed E-state index contributed by atoms with van der Waals surface area (Å²) in [6, 6.07) is 5.41. The largest absolute Gasteiger partial charge is 0.493 e. The van der Waals surface area contributed by atoms with Gasteiger partial charge in [-0.25, -0.2) is 4.79 Å². The summed E-state index contributed by atoms with van der Waals surface area (Å²) in [5, 5.41) is 9.17. The van der Waals surface area contributed by atoms with Crippen molar-refractivity contribution in [3.8, 4) is 5.75 Å². The van der Waals surface area contributed by atoms with Crippen molar-refractivity contribution < 1.29 is 29.0 Å². The molecule has 0 saturated carbocycles. The van der Waals surface area contributed by atoms with Gasteiger partial charge in [-0.05, 0) is 61.6 Å². The first-order valence-electron chi connectivity index (χ1n) is 13.8. The number of piperazine rings is 1. The second kappa shape index (κ2) is 13.1. The minimum atomic E-state index is -0.991. The van der Waals surface area contributed by atoms with Crippen LogP contribution in [0.25, 0.3) is 0 Å². The summed E-state index contributed by atoms with van der Waals surface area (Å²) in [5.41, 5.74) is 0.188. The number of piperidine rings is 1. The average Bonchev–Trinajstić information content (AvgIpc) is 2.87. The van der Waals surface area contributed by atoms with Gasteiger partial charge in [0, 0.05) is 33.1 Å². The van der Waals surface area contributed by atoms with Gasteiger partial charge in [-0.2, -0.15) is 0 Å². The summed E-state index contributed by atoms with van der Waals surface area (Å²) in [5.74, 6) is 0.0405. The predicted molar refractivity (Wildman–Crippen MR) is 144 cm³/mol. The van der Waals surface area contributed by atoms with Gasteiger partial charge in [0.1, 0.15) is 17.8 Å². The monoisotopic (exact) mass is 529 g/mol. The fourth-order valence-corrected chi connectivity index (χ4v) is 5.44. The van der Waals surface area contributed by atoms with Crippen molar-refractivity contribution in [2.24, 2.45) is 17.8 Å². The van der Waals surface area contributed by atoms with Crippen molar-refractivity contribution in [2.75, 3.05) is 32.8 Å². The lowest BCUT2D eigenvalue weighted by molar-refractivity contribution is -0.159. The molecule has 1 unspecified atom stereocenters. The van der Waals surface area contributed by atoms with E-state index < -0.39 is 18.1 Å². The molecule has 2 atom stereocenters. The van der Waals surface area contributed by atoms with E-state index in [0.717, 1.165) is 12.8 Å². The van der Waals surface area contributed by atoms with Gasteiger partial charge < -0.3 is 24.5 Å². The third kappa shape index (κ3) is 7.48. The molecule has 0 spiro atoms. The number of carbonyl (C=O) groups excluding carboxylic acids is 3. The number of carboxylic acids is 1. The molecular formula is C29H43N3O6. The first-order chi connectivity index (χ1) is 18.0. The zero-order valence-electron chi connectivity index (χ0n) is 23.4. The highest BCUT2D eigenvalue weighted by atomic mass is 16.5. The van der Waals surface area contributed by atoms with Gasteiger partial charge in [0.15, 0.2) is 0 Å². The lowest BCUT2D eigenvalue weighted by Crippen LogP contribution is -2.63. The van der Waals surface area contributed by atoms with E-state index >= 15 is 0 Å². The molecule has 0 aliphatic carbocycles. The fraction of sp³-hybridized carbons (Fsp3) is 0.655. The summed E-state index contributed by atoms with van der Waals surface area (Å²) in [6.45, 7) is 12.2. The predicted octanol–water partition coefficient (Wildman–Crippen LogP) is 3.52. The number of hydrogen-bond acceptors (Lipinski definition) is 5. The Kier molecular flexibility index (Phi) is 10.2. The topological polar surface area (TPSA) is 107 Å². The van der Waals surface area contributed by atoms with Crippen LogP contribution in [0.15, 0.2) is 24.3 Å². The Balaban J connectivity index is 1.63. The number of carboxylic acid groups (broad SMARTS) is 1. The molecule has 1 N–H and O–H groups in total. The quantitative estimate of drug-likeness (QED) is 0.497. The molecule has 38 heavy (non-hydrogen) atoms. The normalized spacial score (nSPS) is 19.7. The van der Waals surface area contributed by atoms with Crippen LogP contribution in [0.5, 0.6) is 5.75 Å². The fourth-order valence-electron chi connectivity index (χ4n) is 5.44. The van der Waals surface area contributed by atoms with Crippen LogP contribution < -0.4 is 4.74 Å². The number of amides is 3. The standard InChI is InChI=1S/C29H43N3O6/c1-19(2)15-25(32-14-13-31(21(5)33)26(28(32)35)16-20(3)4)27(34)30-11-9-22(10-12-30)18-38-24-8-6-7-23(17-24)29(36)37/h6-8,17,19-20,22,25-26H,9-16,18H2,1-5H3,(H,36,37)/t25?,26-/m0/s1. The highest BCUT2D eigenvalue weighted by molar-refractivity contribution is 5.93. The molecule has 9 nitrogen and oxygen atoms in total. The van der Waals surface area contributed by atoms with Crippen molar-refractivity contribution in [3.63, 3.8) is 0 Å². The molecule has 210 valence electrons. The van der Waals surface area contributed by atoms with Crippen LogP contribution in [-0.4, -0.2) is 88.4 Å². The molecule has 0 aromatic heterocycles. The molecule has 2 aliphatic heterocycles. The van der Waals surface area contributed by atoms with E-state index in [4.69, 9.17) is 4.74 Å². The van der Waals surface area contributed by atoms with Crippen molar-refractivity contribution in [2.45, 2.75) is 72.4 Å². The van der Waals surface area contributed by atoms with Gasteiger partial charge in [0.25, 0.3) is 0 Å². The van der Waals surface area contributed by atoms with Gasteiger partial charge in [-0.1, -0.05) is 33.8 Å². The summed E-state index contributed by atoms with van der Waals surface area (Å²) in [4.78, 5) is 56.1. The average molecular weight is 530 g/mol. The van der Waals surface area contributed by atoms with Crippen molar-refractivity contribution in [3.05, 3.63) is 29.8 Å². The molecule has 2 saturated heterocycles. The smallest absolute Gasteiger partial charge is 0.335 e. The number of benzene rings is 1. The number of carbonyl (C=O) groups is 4. The molecule has 2 fully saturated rings. The first kappa shape index (κ1) is 29.5. The molecule has 3 amide bonds. The zero-order chi connectivity index (χ0) is 28.0. The van der Waals surface area contributed by atoms with Gasteiger partial charge in [-0.3, -0.25) is 14.4 Å². The van der Waals surface area contributed by atoms with E-state index in [1.807, 2.05) is 18.7 Å². The van der Waals surface area contributed by atoms with Gasteiger partial charge in [0.05, 0.1) is 12.2 Å². The second-order valence-electron chi connectivity index (χ2n) is 11.4. The van der Waals surface area contributed by atoms with Crippen LogP contribution in [0.2, 0.25) is 0 Å². The maximum atomic E-state index is 13.8. The molecule has 2 aliphatic rings. The Bertz CT molecular complexity index is 1000. The summed E-state index contributed by atoms with van der Waals surface area (Å²) in [7, 11) is 0. The summed E-state index contributed by atoms with van der Waals surface area (Å²) < 4.78 is 5.86. The molecule has 3 rings (SSSR count). The number of rotatable bonds is 10. The van der Waals surface area contributed by atoms with Crippen LogP contribution in [0.4, 0.5) is 0 Å². The number of likely N-dealkylation sites (tertiary alicyclic amines) is 1. The van der Waals surface area contributed by atoms with E-state index in [0.29, 0.717) is 51.4 Å². The number of hydrogen-bond donors (Lipinski definition) is 1. The number of nitrogens with zero attached hydrogens (tertiary/aromatic N) is 3. The molecule has 1 aromatic carbocycles. The molecule has 1 aromatic rings. The Morgan fingerprint density at radius 2 is 1.71 bits per heavy atom. The summed E-state index contributed by atoms with van der Waals surface area (Å²) >= 11 is 0. The van der Waals surface area contributed by atoms with Crippen LogP contribution in [0.1, 0.15) is 70.7 Å². The molecular weight excluding hydrogens is 486 g/mol. The Hall–Kier alpha value is -3.10. The highest BCUT2D eigenvalue weighted by Gasteiger charge is 2.42. The highest BCUT2D eigenvalue weighted by Crippen LogP contribution is 2.26. The second-order valence-corrected chi connectivity index (χ2v) is 11.4. The molecule has 2 heterocycles. The van der Waals surface area contributed by atoms with Crippen molar-refractivity contribution >= 4 is 23.7 Å². The minimum Gasteiger partial charge on any atom is -0.493 e. The Morgan fingerprint density at radius 3 is 2.29 bits per heavy atom. The van der Waals surface area contributed by atoms with E-state index in [-0.39, 0.29) is 41.0 Å². The maximum Gasteiger partial charge on any atom is 0.335 e. The van der Waals surface area contributed by atoms with Crippen LogP contribution >= 0.6 is 0 Å². The number of ether oxygens (including phenoxy) is 1. The lowest BCUT2D eigenvalue weighted by Gasteiger charge is -2.45. The molecule has 0 bridgehead atoms. The zero-order valence-corrected chi connectivity index (χ0v) is 23.4. The van der Waals surface area contributed by atoms with E-state index in [1.165, 1.54) is 19.1 Å². The van der Waals surface area contributed by atoms with Crippen LogP contribution in [0, 0.1) is 17.8 Å². The van der Waals surface area contributed by atoms with Crippen molar-refractivity contribution in [1.82, 2.24) is 14.7 Å². The van der Waals surface area contributed by atoms with Gasteiger partial charge in [-0.15, -0.1) is 0 Å².